The van der Waals surface area contributed by atoms with Crippen LogP contribution in [0, 0.1) is 0 Å². The van der Waals surface area contributed by atoms with E-state index in [2.05, 4.69) is 10.3 Å². The van der Waals surface area contributed by atoms with Crippen molar-refractivity contribution in [3.8, 4) is 0 Å². The number of hydrogen-bond donors (Lipinski definition) is 2. The number of aliphatic hydroxyl groups is 1. The van der Waals surface area contributed by atoms with Crippen LogP contribution in [0.3, 0.4) is 0 Å². The van der Waals surface area contributed by atoms with Gasteiger partial charge in [0.15, 0.2) is 5.60 Å². The second-order valence-electron chi connectivity index (χ2n) is 4.45. The molecule has 0 aliphatic heterocycles. The zero-order chi connectivity index (χ0) is 15.9. The van der Waals surface area contributed by atoms with E-state index in [0.29, 0.717) is 12.6 Å². The van der Waals surface area contributed by atoms with Crippen LogP contribution >= 0.6 is 0 Å². The van der Waals surface area contributed by atoms with Crippen molar-refractivity contribution in [3.63, 3.8) is 0 Å². The summed E-state index contributed by atoms with van der Waals surface area (Å²) in [5.74, 6) is 0. The van der Waals surface area contributed by atoms with E-state index in [9.17, 15) is 18.3 Å². The SMILES string of the molecule is CCO/C=C/[C@](O)(CNCc1cncn1CC)C(F)(F)F. The third kappa shape index (κ3) is 4.75. The monoisotopic (exact) mass is 307 g/mol. The number of imidazole rings is 1. The third-order valence-electron chi connectivity index (χ3n) is 2.94. The topological polar surface area (TPSA) is 59.3 Å². The molecular weight excluding hydrogens is 287 g/mol. The maximum atomic E-state index is 12.9. The summed E-state index contributed by atoms with van der Waals surface area (Å²) in [6.07, 6.45) is -0.147. The van der Waals surface area contributed by atoms with Gasteiger partial charge >= 0.3 is 6.18 Å². The fraction of sp³-hybridized carbons (Fsp3) is 0.615. The summed E-state index contributed by atoms with van der Waals surface area (Å²) in [4.78, 5) is 3.92. The Balaban J connectivity index is 2.66. The summed E-state index contributed by atoms with van der Waals surface area (Å²) in [6.45, 7) is 3.95. The van der Waals surface area contributed by atoms with E-state index in [-0.39, 0.29) is 13.2 Å². The summed E-state index contributed by atoms with van der Waals surface area (Å²) >= 11 is 0. The van der Waals surface area contributed by atoms with Gasteiger partial charge in [-0.15, -0.1) is 0 Å². The number of hydrogen-bond acceptors (Lipinski definition) is 4. The molecule has 1 atom stereocenters. The van der Waals surface area contributed by atoms with Crippen LogP contribution in [0.25, 0.3) is 0 Å². The van der Waals surface area contributed by atoms with Crippen molar-refractivity contribution in [2.24, 2.45) is 0 Å². The molecule has 0 saturated heterocycles. The lowest BCUT2D eigenvalue weighted by molar-refractivity contribution is -0.238. The molecule has 5 nitrogen and oxygen atoms in total. The molecule has 120 valence electrons. The lowest BCUT2D eigenvalue weighted by Crippen LogP contribution is -2.51. The van der Waals surface area contributed by atoms with E-state index >= 15 is 0 Å². The molecule has 0 radical (unpaired) electrons. The molecule has 1 rings (SSSR count). The van der Waals surface area contributed by atoms with E-state index < -0.39 is 18.3 Å². The zero-order valence-electron chi connectivity index (χ0n) is 12.0. The predicted molar refractivity (Wildman–Crippen MR) is 71.4 cm³/mol. The van der Waals surface area contributed by atoms with Crippen molar-refractivity contribution in [2.45, 2.75) is 38.7 Å². The minimum Gasteiger partial charge on any atom is -0.502 e. The highest BCUT2D eigenvalue weighted by Gasteiger charge is 2.51. The van der Waals surface area contributed by atoms with Gasteiger partial charge in [0.1, 0.15) is 0 Å². The van der Waals surface area contributed by atoms with Crippen molar-refractivity contribution in [2.75, 3.05) is 13.2 Å². The fourth-order valence-electron chi connectivity index (χ4n) is 1.67. The molecule has 0 bridgehead atoms. The Bertz CT molecular complexity index is 460. The molecule has 0 saturated carbocycles. The highest BCUT2D eigenvalue weighted by atomic mass is 19.4. The number of rotatable bonds is 8. The Hall–Kier alpha value is -1.54. The van der Waals surface area contributed by atoms with Gasteiger partial charge in [-0.3, -0.25) is 0 Å². The molecule has 0 aromatic carbocycles. The molecule has 21 heavy (non-hydrogen) atoms. The number of ether oxygens (including phenoxy) is 1. The number of aryl methyl sites for hydroxylation is 1. The highest BCUT2D eigenvalue weighted by molar-refractivity contribution is 5.06. The van der Waals surface area contributed by atoms with Crippen LogP contribution in [0.5, 0.6) is 0 Å². The molecule has 8 heteroatoms. The molecule has 0 aliphatic carbocycles. The third-order valence-corrected chi connectivity index (χ3v) is 2.94. The van der Waals surface area contributed by atoms with E-state index in [0.717, 1.165) is 12.0 Å². The average Bonchev–Trinajstić information content (AvgIpc) is 2.85. The van der Waals surface area contributed by atoms with Crippen LogP contribution in [-0.4, -0.2) is 39.6 Å². The van der Waals surface area contributed by atoms with Gasteiger partial charge in [0.25, 0.3) is 0 Å². The summed E-state index contributed by atoms with van der Waals surface area (Å²) in [5.41, 5.74) is -2.23. The summed E-state index contributed by atoms with van der Waals surface area (Å²) < 4.78 is 45.3. The molecule has 0 spiro atoms. The predicted octanol–water partition coefficient (Wildman–Crippen LogP) is 1.84. The van der Waals surface area contributed by atoms with Crippen LogP contribution in [0.2, 0.25) is 0 Å². The van der Waals surface area contributed by atoms with Crippen LogP contribution in [0.4, 0.5) is 13.2 Å². The molecule has 0 unspecified atom stereocenters. The second-order valence-corrected chi connectivity index (χ2v) is 4.45. The zero-order valence-corrected chi connectivity index (χ0v) is 12.0. The Morgan fingerprint density at radius 3 is 2.71 bits per heavy atom. The van der Waals surface area contributed by atoms with Gasteiger partial charge in [-0.05, 0) is 19.9 Å². The van der Waals surface area contributed by atoms with E-state index in [1.54, 1.807) is 24.0 Å². The Morgan fingerprint density at radius 1 is 1.43 bits per heavy atom. The van der Waals surface area contributed by atoms with Gasteiger partial charge in [0.2, 0.25) is 0 Å². The molecule has 0 fully saturated rings. The van der Waals surface area contributed by atoms with Crippen molar-refractivity contribution in [1.29, 1.82) is 0 Å². The lowest BCUT2D eigenvalue weighted by atomic mass is 10.0. The van der Waals surface area contributed by atoms with Crippen LogP contribution in [0.15, 0.2) is 24.9 Å². The molecule has 0 aliphatic rings. The summed E-state index contributed by atoms with van der Waals surface area (Å²) in [6, 6.07) is 0. The van der Waals surface area contributed by atoms with Gasteiger partial charge < -0.3 is 19.7 Å². The van der Waals surface area contributed by atoms with Crippen LogP contribution in [-0.2, 0) is 17.8 Å². The smallest absolute Gasteiger partial charge is 0.422 e. The van der Waals surface area contributed by atoms with Crippen molar-refractivity contribution < 1.29 is 23.0 Å². The van der Waals surface area contributed by atoms with Crippen LogP contribution in [0.1, 0.15) is 19.5 Å². The summed E-state index contributed by atoms with van der Waals surface area (Å²) in [7, 11) is 0. The van der Waals surface area contributed by atoms with Gasteiger partial charge in [-0.25, -0.2) is 4.98 Å². The number of nitrogens with one attached hydrogen (secondary N) is 1. The summed E-state index contributed by atoms with van der Waals surface area (Å²) in [5, 5.41) is 12.4. The maximum Gasteiger partial charge on any atom is 0.422 e. The average molecular weight is 307 g/mol. The first kappa shape index (κ1) is 17.5. The molecule has 1 aromatic heterocycles. The van der Waals surface area contributed by atoms with Crippen LogP contribution < -0.4 is 5.32 Å². The van der Waals surface area contributed by atoms with E-state index in [1.165, 1.54) is 0 Å². The minimum absolute atomic E-state index is 0.175. The first-order valence-corrected chi connectivity index (χ1v) is 6.62. The first-order valence-electron chi connectivity index (χ1n) is 6.62. The fourth-order valence-corrected chi connectivity index (χ4v) is 1.67. The van der Waals surface area contributed by atoms with Crippen molar-refractivity contribution in [1.82, 2.24) is 14.9 Å². The molecule has 1 aromatic rings. The second kappa shape index (κ2) is 7.46. The number of alkyl halides is 3. The maximum absolute atomic E-state index is 12.9. The van der Waals surface area contributed by atoms with Gasteiger partial charge in [0, 0.05) is 25.8 Å². The van der Waals surface area contributed by atoms with Gasteiger partial charge in [0.05, 0.1) is 24.9 Å². The quantitative estimate of drug-likeness (QED) is 0.720. The number of nitrogens with zero attached hydrogens (tertiary/aromatic N) is 2. The van der Waals surface area contributed by atoms with Crippen molar-refractivity contribution >= 4 is 0 Å². The Kier molecular flexibility index (Phi) is 6.22. The minimum atomic E-state index is -4.79. The largest absolute Gasteiger partial charge is 0.502 e. The molecular formula is C13H20F3N3O2. The molecule has 0 amide bonds. The Labute approximate surface area is 121 Å². The Morgan fingerprint density at radius 2 is 2.14 bits per heavy atom. The lowest BCUT2D eigenvalue weighted by Gasteiger charge is -2.27. The van der Waals surface area contributed by atoms with Gasteiger partial charge in [-0.1, -0.05) is 0 Å². The van der Waals surface area contributed by atoms with E-state index in [4.69, 9.17) is 4.74 Å². The number of halogens is 3. The molecule has 2 N–H and O–H groups in total. The normalized spacial score (nSPS) is 15.3. The van der Waals surface area contributed by atoms with E-state index in [1.807, 2.05) is 6.92 Å². The molecule has 1 heterocycles. The number of aromatic nitrogens is 2. The highest BCUT2D eigenvalue weighted by Crippen LogP contribution is 2.31. The standard InChI is InChI=1S/C13H20F3N3O2/c1-3-19-10-18-8-11(19)7-17-9-12(20,13(14,15)16)5-6-21-4-2/h5-6,8,10,17,20H,3-4,7,9H2,1-2H3/b6-5+/t12-/m0/s1. The van der Waals surface area contributed by atoms with Crippen molar-refractivity contribution in [3.05, 3.63) is 30.6 Å². The van der Waals surface area contributed by atoms with Gasteiger partial charge in [-0.2, -0.15) is 13.2 Å². The first-order chi connectivity index (χ1) is 9.84.